The highest BCUT2D eigenvalue weighted by molar-refractivity contribution is 6.13. The zero-order chi connectivity index (χ0) is 11.1. The van der Waals surface area contributed by atoms with Crippen LogP contribution in [0.15, 0.2) is 48.5 Å². The summed E-state index contributed by atoms with van der Waals surface area (Å²) in [6.07, 6.45) is 0. The van der Waals surface area contributed by atoms with Crippen molar-refractivity contribution in [2.75, 3.05) is 11.5 Å². The Morgan fingerprint density at radius 3 is 2.25 bits per heavy atom. The lowest BCUT2D eigenvalue weighted by molar-refractivity contribution is 1.73. The molecule has 0 radical (unpaired) electrons. The average molecular weight is 208 g/mol. The second kappa shape index (κ2) is 3.14. The molecule has 0 saturated carbocycles. The van der Waals surface area contributed by atoms with E-state index in [2.05, 4.69) is 6.07 Å². The standard InChI is InChI=1S/C14H12N2/c15-10-6-5-9-7-14(16)12-4-2-1-3-11(12)13(9)8-10/h1-8H,15-16H2. The van der Waals surface area contributed by atoms with Crippen LogP contribution in [0.2, 0.25) is 0 Å². The van der Waals surface area contributed by atoms with E-state index < -0.39 is 0 Å². The van der Waals surface area contributed by atoms with Crippen LogP contribution in [0.25, 0.3) is 21.5 Å². The van der Waals surface area contributed by atoms with Crippen molar-refractivity contribution in [3.8, 4) is 0 Å². The van der Waals surface area contributed by atoms with Crippen LogP contribution in [0.4, 0.5) is 11.4 Å². The van der Waals surface area contributed by atoms with Crippen LogP contribution in [0, 0.1) is 0 Å². The topological polar surface area (TPSA) is 52.0 Å². The smallest absolute Gasteiger partial charge is 0.0400 e. The summed E-state index contributed by atoms with van der Waals surface area (Å²) in [6.45, 7) is 0. The third-order valence-corrected chi connectivity index (χ3v) is 2.92. The predicted octanol–water partition coefficient (Wildman–Crippen LogP) is 3.16. The number of hydrogen-bond donors (Lipinski definition) is 2. The van der Waals surface area contributed by atoms with Crippen LogP contribution in [0.1, 0.15) is 0 Å². The summed E-state index contributed by atoms with van der Waals surface area (Å²) in [5.74, 6) is 0. The van der Waals surface area contributed by atoms with Gasteiger partial charge in [-0.2, -0.15) is 0 Å². The van der Waals surface area contributed by atoms with Gasteiger partial charge in [-0.1, -0.05) is 30.3 Å². The Kier molecular flexibility index (Phi) is 1.77. The summed E-state index contributed by atoms with van der Waals surface area (Å²) in [5, 5.41) is 4.53. The summed E-state index contributed by atoms with van der Waals surface area (Å²) in [4.78, 5) is 0. The summed E-state index contributed by atoms with van der Waals surface area (Å²) >= 11 is 0. The maximum Gasteiger partial charge on any atom is 0.0400 e. The summed E-state index contributed by atoms with van der Waals surface area (Å²) in [7, 11) is 0. The lowest BCUT2D eigenvalue weighted by atomic mass is 10.00. The van der Waals surface area contributed by atoms with Gasteiger partial charge in [-0.3, -0.25) is 0 Å². The van der Waals surface area contributed by atoms with Crippen LogP contribution in [-0.2, 0) is 0 Å². The Hall–Kier alpha value is -2.22. The highest BCUT2D eigenvalue weighted by Crippen LogP contribution is 2.31. The van der Waals surface area contributed by atoms with E-state index in [0.29, 0.717) is 0 Å². The number of hydrogen-bond acceptors (Lipinski definition) is 2. The van der Waals surface area contributed by atoms with Gasteiger partial charge in [0, 0.05) is 16.8 Å². The minimum absolute atomic E-state index is 0.780. The van der Waals surface area contributed by atoms with Crippen molar-refractivity contribution in [1.29, 1.82) is 0 Å². The summed E-state index contributed by atoms with van der Waals surface area (Å²) in [5.41, 5.74) is 13.4. The van der Waals surface area contributed by atoms with Gasteiger partial charge in [0.2, 0.25) is 0 Å². The molecule has 0 saturated heterocycles. The SMILES string of the molecule is Nc1ccc2cc(N)c3ccccc3c2c1. The number of benzene rings is 3. The fourth-order valence-corrected chi connectivity index (χ4v) is 2.15. The van der Waals surface area contributed by atoms with E-state index in [0.717, 1.165) is 32.9 Å². The van der Waals surface area contributed by atoms with Crippen LogP contribution in [-0.4, -0.2) is 0 Å². The molecule has 0 aliphatic heterocycles. The Labute approximate surface area is 93.5 Å². The minimum Gasteiger partial charge on any atom is -0.399 e. The molecule has 0 aliphatic carbocycles. The summed E-state index contributed by atoms with van der Waals surface area (Å²) < 4.78 is 0. The Morgan fingerprint density at radius 2 is 1.44 bits per heavy atom. The molecule has 0 fully saturated rings. The molecule has 0 heterocycles. The van der Waals surface area contributed by atoms with Crippen molar-refractivity contribution < 1.29 is 0 Å². The molecule has 0 atom stereocenters. The molecule has 2 heteroatoms. The quantitative estimate of drug-likeness (QED) is 0.440. The molecule has 3 aromatic carbocycles. The molecular weight excluding hydrogens is 196 g/mol. The highest BCUT2D eigenvalue weighted by atomic mass is 14.6. The van der Waals surface area contributed by atoms with Crippen LogP contribution >= 0.6 is 0 Å². The molecule has 0 amide bonds. The molecular formula is C14H12N2. The Bertz CT molecular complexity index is 687. The predicted molar refractivity (Wildman–Crippen MR) is 70.3 cm³/mol. The third-order valence-electron chi connectivity index (χ3n) is 2.92. The Balaban J connectivity index is 2.61. The number of rotatable bonds is 0. The van der Waals surface area contributed by atoms with Crippen LogP contribution in [0.3, 0.4) is 0 Å². The minimum atomic E-state index is 0.780. The Morgan fingerprint density at radius 1 is 0.688 bits per heavy atom. The molecule has 0 aromatic heterocycles. The third kappa shape index (κ3) is 1.20. The van der Waals surface area contributed by atoms with Gasteiger partial charge in [-0.15, -0.1) is 0 Å². The fraction of sp³-hybridized carbons (Fsp3) is 0. The van der Waals surface area contributed by atoms with Crippen molar-refractivity contribution in [1.82, 2.24) is 0 Å². The van der Waals surface area contributed by atoms with E-state index in [1.54, 1.807) is 0 Å². The zero-order valence-electron chi connectivity index (χ0n) is 8.77. The van der Waals surface area contributed by atoms with Crippen molar-refractivity contribution in [3.63, 3.8) is 0 Å². The maximum absolute atomic E-state index is 6.03. The van der Waals surface area contributed by atoms with Gasteiger partial charge in [0.05, 0.1) is 0 Å². The molecule has 3 rings (SSSR count). The van der Waals surface area contributed by atoms with Gasteiger partial charge in [0.25, 0.3) is 0 Å². The monoisotopic (exact) mass is 208 g/mol. The molecule has 0 aliphatic rings. The number of nitrogen functional groups attached to an aromatic ring is 2. The van der Waals surface area contributed by atoms with E-state index >= 15 is 0 Å². The van der Waals surface area contributed by atoms with Gasteiger partial charge < -0.3 is 11.5 Å². The van der Waals surface area contributed by atoms with Crippen LogP contribution in [0.5, 0.6) is 0 Å². The molecule has 0 bridgehead atoms. The zero-order valence-corrected chi connectivity index (χ0v) is 8.77. The molecule has 2 nitrogen and oxygen atoms in total. The van der Waals surface area contributed by atoms with Gasteiger partial charge in [-0.05, 0) is 34.4 Å². The molecule has 16 heavy (non-hydrogen) atoms. The first-order valence-electron chi connectivity index (χ1n) is 5.22. The first-order valence-corrected chi connectivity index (χ1v) is 5.22. The number of anilines is 2. The second-order valence-corrected chi connectivity index (χ2v) is 3.99. The molecule has 78 valence electrons. The maximum atomic E-state index is 6.03. The lowest BCUT2D eigenvalue weighted by Gasteiger charge is -2.07. The van der Waals surface area contributed by atoms with Crippen molar-refractivity contribution in [2.45, 2.75) is 0 Å². The van der Waals surface area contributed by atoms with Crippen molar-refractivity contribution >= 4 is 32.9 Å². The first-order chi connectivity index (χ1) is 7.75. The molecule has 3 aromatic rings. The van der Waals surface area contributed by atoms with Gasteiger partial charge >= 0.3 is 0 Å². The van der Waals surface area contributed by atoms with Gasteiger partial charge in [0.15, 0.2) is 0 Å². The van der Waals surface area contributed by atoms with E-state index in [-0.39, 0.29) is 0 Å². The van der Waals surface area contributed by atoms with E-state index in [4.69, 9.17) is 11.5 Å². The van der Waals surface area contributed by atoms with E-state index in [1.807, 2.05) is 42.5 Å². The number of nitrogens with two attached hydrogens (primary N) is 2. The van der Waals surface area contributed by atoms with Crippen LogP contribution < -0.4 is 11.5 Å². The first kappa shape index (κ1) is 9.04. The largest absolute Gasteiger partial charge is 0.399 e. The molecule has 4 N–H and O–H groups in total. The average Bonchev–Trinajstić information content (AvgIpc) is 2.31. The second-order valence-electron chi connectivity index (χ2n) is 3.99. The number of fused-ring (bicyclic) bond motifs is 3. The fourth-order valence-electron chi connectivity index (χ4n) is 2.15. The van der Waals surface area contributed by atoms with E-state index in [1.165, 1.54) is 0 Å². The van der Waals surface area contributed by atoms with E-state index in [9.17, 15) is 0 Å². The highest BCUT2D eigenvalue weighted by Gasteiger charge is 2.03. The lowest BCUT2D eigenvalue weighted by Crippen LogP contribution is -1.89. The normalized spacial score (nSPS) is 11.0. The van der Waals surface area contributed by atoms with Gasteiger partial charge in [-0.25, -0.2) is 0 Å². The van der Waals surface area contributed by atoms with Gasteiger partial charge in [0.1, 0.15) is 0 Å². The van der Waals surface area contributed by atoms with Crippen molar-refractivity contribution in [2.24, 2.45) is 0 Å². The molecule has 0 unspecified atom stereocenters. The molecule has 0 spiro atoms. The summed E-state index contributed by atoms with van der Waals surface area (Å²) in [6, 6.07) is 16.0. The van der Waals surface area contributed by atoms with Crippen molar-refractivity contribution in [3.05, 3.63) is 48.5 Å².